The Hall–Kier alpha value is 0.120. The maximum absolute atomic E-state index is 11.0. The van der Waals surface area contributed by atoms with Crippen LogP contribution in [0, 0.1) is 17.0 Å². The molecule has 2 atom stereocenters. The molecule has 0 aliphatic carbocycles. The summed E-state index contributed by atoms with van der Waals surface area (Å²) in [6.07, 6.45) is -2.55. The molecule has 1 aromatic rings. The molecule has 5 nitrogen and oxygen atoms in total. The molecule has 1 aliphatic heterocycles. The molecule has 0 N–H and O–H groups in total. The van der Waals surface area contributed by atoms with E-state index in [4.69, 9.17) is 79.1 Å². The molecule has 0 fully saturated rings. The normalized spacial score (nSPS) is 22.0. The highest BCUT2D eigenvalue weighted by atomic mass is 35.6. The number of ether oxygens (including phenoxy) is 2. The molecule has 1 aromatic carbocycles. The van der Waals surface area contributed by atoms with Crippen molar-refractivity contribution in [1.29, 1.82) is 0 Å². The summed E-state index contributed by atoms with van der Waals surface area (Å²) >= 11 is 34.9. The van der Waals surface area contributed by atoms with Crippen LogP contribution in [0.25, 0.3) is 0 Å². The summed E-state index contributed by atoms with van der Waals surface area (Å²) in [6.45, 7) is 1.53. The lowest BCUT2D eigenvalue weighted by atomic mass is 10.0. The van der Waals surface area contributed by atoms with Gasteiger partial charge in [-0.25, -0.2) is 0 Å². The molecule has 0 amide bonds. The van der Waals surface area contributed by atoms with Crippen molar-refractivity contribution in [2.45, 2.75) is 26.9 Å². The van der Waals surface area contributed by atoms with Gasteiger partial charge in [-0.05, 0) is 13.0 Å². The average Bonchev–Trinajstić information content (AvgIpc) is 2.33. The SMILES string of the molecule is Cc1cc2c(cc1[N+](=O)[O-])[C@@H](C(Cl)(Cl)Cl)O[C@H](C(Cl)(Cl)Cl)O2. The van der Waals surface area contributed by atoms with E-state index in [1.54, 1.807) is 0 Å². The number of halogens is 6. The van der Waals surface area contributed by atoms with Crippen molar-refractivity contribution in [2.24, 2.45) is 0 Å². The van der Waals surface area contributed by atoms with E-state index in [-0.39, 0.29) is 17.0 Å². The molecule has 122 valence electrons. The number of benzene rings is 1. The number of rotatable bonds is 1. The van der Waals surface area contributed by atoms with Crippen LogP contribution in [0.4, 0.5) is 5.69 Å². The van der Waals surface area contributed by atoms with Crippen LogP contribution in [0.5, 0.6) is 5.75 Å². The van der Waals surface area contributed by atoms with Crippen LogP contribution in [0.1, 0.15) is 17.2 Å². The maximum atomic E-state index is 11.0. The van der Waals surface area contributed by atoms with E-state index in [2.05, 4.69) is 0 Å². The number of aryl methyl sites for hydroxylation is 1. The largest absolute Gasteiger partial charge is 0.460 e. The van der Waals surface area contributed by atoms with Gasteiger partial charge in [0.05, 0.1) is 4.92 Å². The first-order chi connectivity index (χ1) is 9.91. The van der Waals surface area contributed by atoms with Crippen LogP contribution < -0.4 is 4.74 Å². The summed E-state index contributed by atoms with van der Waals surface area (Å²) in [5.41, 5.74) is 0.358. The molecular formula is C11H7Cl6NO4. The second-order valence-corrected chi connectivity index (χ2v) is 9.22. The van der Waals surface area contributed by atoms with Gasteiger partial charge in [-0.1, -0.05) is 69.6 Å². The first-order valence-corrected chi connectivity index (χ1v) is 7.92. The van der Waals surface area contributed by atoms with E-state index >= 15 is 0 Å². The molecule has 0 saturated carbocycles. The van der Waals surface area contributed by atoms with E-state index < -0.39 is 24.9 Å². The summed E-state index contributed by atoms with van der Waals surface area (Å²) in [6, 6.07) is 2.62. The quantitative estimate of drug-likeness (QED) is 0.339. The van der Waals surface area contributed by atoms with E-state index in [1.165, 1.54) is 19.1 Å². The van der Waals surface area contributed by atoms with Crippen LogP contribution in [-0.2, 0) is 4.74 Å². The minimum Gasteiger partial charge on any atom is -0.460 e. The monoisotopic (exact) mass is 427 g/mol. The predicted molar refractivity (Wildman–Crippen MR) is 86.7 cm³/mol. The van der Waals surface area contributed by atoms with E-state index in [9.17, 15) is 10.1 Å². The molecule has 1 aliphatic rings. The second-order valence-electron chi connectivity index (χ2n) is 4.48. The minimum absolute atomic E-state index is 0.169. The Kier molecular flexibility index (Phi) is 5.21. The summed E-state index contributed by atoms with van der Waals surface area (Å²) in [5, 5.41) is 11.0. The minimum atomic E-state index is -1.95. The highest BCUT2D eigenvalue weighted by Crippen LogP contribution is 2.52. The lowest BCUT2D eigenvalue weighted by molar-refractivity contribution is -0.385. The van der Waals surface area contributed by atoms with Gasteiger partial charge in [-0.3, -0.25) is 10.1 Å². The standard InChI is InChI=1S/C11H7Cl6NO4/c1-4-2-7-5(3-6(4)18(19)20)8(10(12,13)14)22-9(21-7)11(15,16)17/h2-3,8-9H,1H3/t8-,9+/m0/s1. The van der Waals surface area contributed by atoms with Gasteiger partial charge < -0.3 is 9.47 Å². The van der Waals surface area contributed by atoms with Crippen molar-refractivity contribution >= 4 is 75.3 Å². The van der Waals surface area contributed by atoms with E-state index in [1.807, 2.05) is 0 Å². The first-order valence-electron chi connectivity index (χ1n) is 5.65. The van der Waals surface area contributed by atoms with Gasteiger partial charge in [0.15, 0.2) is 0 Å². The Morgan fingerprint density at radius 2 is 1.73 bits per heavy atom. The molecule has 0 unspecified atom stereocenters. The lowest BCUT2D eigenvalue weighted by Gasteiger charge is -2.38. The molecule has 11 heteroatoms. The summed E-state index contributed by atoms with van der Waals surface area (Å²) in [4.78, 5) is 10.5. The topological polar surface area (TPSA) is 61.6 Å². The molecule has 0 bridgehead atoms. The summed E-state index contributed by atoms with van der Waals surface area (Å²) in [7, 11) is 0. The summed E-state index contributed by atoms with van der Waals surface area (Å²) < 4.78 is 6.91. The zero-order chi connectivity index (χ0) is 16.9. The molecule has 0 spiro atoms. The van der Waals surface area contributed by atoms with Gasteiger partial charge >= 0.3 is 0 Å². The fourth-order valence-electron chi connectivity index (χ4n) is 1.93. The summed E-state index contributed by atoms with van der Waals surface area (Å²) in [5.74, 6) is 0.182. The highest BCUT2D eigenvalue weighted by Gasteiger charge is 2.48. The van der Waals surface area contributed by atoms with Gasteiger partial charge in [0.25, 0.3) is 9.48 Å². The van der Waals surface area contributed by atoms with Crippen LogP contribution in [-0.4, -0.2) is 18.8 Å². The fourth-order valence-corrected chi connectivity index (χ4v) is 2.72. The van der Waals surface area contributed by atoms with Gasteiger partial charge in [0.1, 0.15) is 11.9 Å². The van der Waals surface area contributed by atoms with Gasteiger partial charge in [0, 0.05) is 17.2 Å². The van der Waals surface area contributed by atoms with Crippen molar-refractivity contribution in [3.63, 3.8) is 0 Å². The molecule has 22 heavy (non-hydrogen) atoms. The molecule has 0 radical (unpaired) electrons. The Balaban J connectivity index is 2.59. The zero-order valence-electron chi connectivity index (χ0n) is 10.7. The van der Waals surface area contributed by atoms with Gasteiger partial charge in [-0.2, -0.15) is 0 Å². The van der Waals surface area contributed by atoms with Crippen LogP contribution in [0.2, 0.25) is 0 Å². The van der Waals surface area contributed by atoms with Crippen molar-refractivity contribution in [3.8, 4) is 5.75 Å². The average molecular weight is 430 g/mol. The smallest absolute Gasteiger partial charge is 0.272 e. The number of alkyl halides is 6. The number of hydrogen-bond acceptors (Lipinski definition) is 4. The van der Waals surface area contributed by atoms with Gasteiger partial charge in [-0.15, -0.1) is 0 Å². The highest BCUT2D eigenvalue weighted by molar-refractivity contribution is 6.68. The maximum Gasteiger partial charge on any atom is 0.272 e. The second kappa shape index (κ2) is 6.20. The number of fused-ring (bicyclic) bond motifs is 1. The third kappa shape index (κ3) is 3.78. The number of nitro benzene ring substituents is 1. The zero-order valence-corrected chi connectivity index (χ0v) is 15.2. The Bertz CT molecular complexity index is 612. The molecule has 0 aromatic heterocycles. The van der Waals surface area contributed by atoms with Crippen LogP contribution in [0.15, 0.2) is 12.1 Å². The van der Waals surface area contributed by atoms with Crippen molar-refractivity contribution in [3.05, 3.63) is 33.4 Å². The molecule has 1 heterocycles. The Morgan fingerprint density at radius 3 is 2.18 bits per heavy atom. The lowest BCUT2D eigenvalue weighted by Crippen LogP contribution is -2.42. The molecule has 2 rings (SSSR count). The Labute approximate surface area is 155 Å². The van der Waals surface area contributed by atoms with Crippen LogP contribution >= 0.6 is 69.6 Å². The predicted octanol–water partition coefficient (Wildman–Crippen LogP) is 5.42. The fraction of sp³-hybridized carbons (Fsp3) is 0.455. The first kappa shape index (κ1) is 18.5. The number of nitro groups is 1. The van der Waals surface area contributed by atoms with Crippen molar-refractivity contribution in [1.82, 2.24) is 0 Å². The molecule has 0 saturated heterocycles. The van der Waals surface area contributed by atoms with E-state index in [0.717, 1.165) is 0 Å². The number of nitrogens with zero attached hydrogens (tertiary/aromatic N) is 1. The van der Waals surface area contributed by atoms with Gasteiger partial charge in [0.2, 0.25) is 10.1 Å². The third-order valence-electron chi connectivity index (χ3n) is 2.87. The van der Waals surface area contributed by atoms with E-state index in [0.29, 0.717) is 5.56 Å². The van der Waals surface area contributed by atoms with Crippen molar-refractivity contribution in [2.75, 3.05) is 0 Å². The number of hydrogen-bond donors (Lipinski definition) is 0. The van der Waals surface area contributed by atoms with Crippen LogP contribution in [0.3, 0.4) is 0 Å². The van der Waals surface area contributed by atoms with Crippen molar-refractivity contribution < 1.29 is 14.4 Å². The third-order valence-corrected chi connectivity index (χ3v) is 3.99. The molecular weight excluding hydrogens is 423 g/mol. The Morgan fingerprint density at radius 1 is 1.14 bits per heavy atom.